The fourth-order valence-corrected chi connectivity index (χ4v) is 2.07. The molecule has 0 aromatic heterocycles. The molecule has 1 aromatic carbocycles. The van der Waals surface area contributed by atoms with Crippen molar-refractivity contribution in [3.8, 4) is 5.75 Å². The van der Waals surface area contributed by atoms with Crippen LogP contribution < -0.4 is 4.74 Å². The zero-order valence-electron chi connectivity index (χ0n) is 11.4. The maximum atomic E-state index is 11.9. The van der Waals surface area contributed by atoms with E-state index >= 15 is 0 Å². The number of carbonyl (C=O) groups excluding carboxylic acids is 1. The number of ether oxygens (including phenoxy) is 1. The number of nitro benzene ring substituents is 1. The molecule has 0 N–H and O–H groups in total. The number of hydrogen-bond acceptors (Lipinski definition) is 7. The molecule has 0 aliphatic carbocycles. The molecule has 1 aliphatic rings. The summed E-state index contributed by atoms with van der Waals surface area (Å²) in [6.07, 6.45) is -0.431. The predicted molar refractivity (Wildman–Crippen MR) is 71.8 cm³/mol. The van der Waals surface area contributed by atoms with E-state index in [1.807, 2.05) is 0 Å². The number of hydrogen-bond donors (Lipinski definition) is 0. The highest BCUT2D eigenvalue weighted by molar-refractivity contribution is 5.70. The monoisotopic (exact) mass is 311 g/mol. The molecule has 10 heteroatoms. The summed E-state index contributed by atoms with van der Waals surface area (Å²) < 4.78 is 5.09. The van der Waals surface area contributed by atoms with Crippen molar-refractivity contribution in [3.63, 3.8) is 0 Å². The summed E-state index contributed by atoms with van der Waals surface area (Å²) in [6.45, 7) is 0.564. The lowest BCUT2D eigenvalue weighted by Gasteiger charge is -2.29. The first kappa shape index (κ1) is 15.5. The third-order valence-electron chi connectivity index (χ3n) is 3.19. The molecule has 0 spiro atoms. The Bertz CT molecular complexity index is 567. The number of amides is 1. The van der Waals surface area contributed by atoms with Crippen molar-refractivity contribution in [3.05, 3.63) is 44.5 Å². The maximum absolute atomic E-state index is 11.9. The molecule has 22 heavy (non-hydrogen) atoms. The Morgan fingerprint density at radius 1 is 1.14 bits per heavy atom. The molecule has 0 atom stereocenters. The van der Waals surface area contributed by atoms with Gasteiger partial charge >= 0.3 is 6.09 Å². The van der Waals surface area contributed by atoms with E-state index in [2.05, 4.69) is 4.84 Å². The van der Waals surface area contributed by atoms with Crippen molar-refractivity contribution in [2.45, 2.75) is 18.9 Å². The number of nitro groups is 1. The van der Waals surface area contributed by atoms with Gasteiger partial charge in [0.2, 0.25) is 0 Å². The fraction of sp³-hybridized carbons (Fsp3) is 0.417. The third kappa shape index (κ3) is 4.04. The number of non-ortho nitro benzene ring substituents is 1. The van der Waals surface area contributed by atoms with Gasteiger partial charge in [0.1, 0.15) is 11.9 Å². The van der Waals surface area contributed by atoms with E-state index in [0.717, 1.165) is 0 Å². The van der Waals surface area contributed by atoms with Gasteiger partial charge in [0.15, 0.2) is 0 Å². The summed E-state index contributed by atoms with van der Waals surface area (Å²) in [7, 11) is 0. The summed E-state index contributed by atoms with van der Waals surface area (Å²) in [4.78, 5) is 38.0. The molecule has 0 unspecified atom stereocenters. The Balaban J connectivity index is 1.85. The minimum Gasteiger partial charge on any atom is -0.410 e. The molecule has 1 fully saturated rings. The highest BCUT2D eigenvalue weighted by atomic mass is 17.0. The van der Waals surface area contributed by atoms with E-state index in [9.17, 15) is 25.0 Å². The molecule has 118 valence electrons. The minimum atomic E-state index is -0.838. The molecule has 0 radical (unpaired) electrons. The van der Waals surface area contributed by atoms with Gasteiger partial charge in [-0.25, -0.2) is 4.79 Å². The van der Waals surface area contributed by atoms with E-state index < -0.39 is 22.2 Å². The summed E-state index contributed by atoms with van der Waals surface area (Å²) >= 11 is 0. The van der Waals surface area contributed by atoms with Crippen LogP contribution >= 0.6 is 0 Å². The van der Waals surface area contributed by atoms with Gasteiger partial charge < -0.3 is 14.5 Å². The second-order valence-corrected chi connectivity index (χ2v) is 4.63. The third-order valence-corrected chi connectivity index (χ3v) is 3.19. The Kier molecular flexibility index (Phi) is 4.71. The SMILES string of the molecule is O=C(Oc1ccc([N+](=O)[O-])cc1)N1CCC(O[N+](=O)[O-])CC1. The van der Waals surface area contributed by atoms with E-state index in [1.54, 1.807) is 0 Å². The molecule has 10 nitrogen and oxygen atoms in total. The van der Waals surface area contributed by atoms with Gasteiger partial charge in [0, 0.05) is 25.2 Å². The summed E-state index contributed by atoms with van der Waals surface area (Å²) in [5, 5.41) is 19.9. The highest BCUT2D eigenvalue weighted by Gasteiger charge is 2.26. The van der Waals surface area contributed by atoms with Crippen LogP contribution in [0.25, 0.3) is 0 Å². The molecule has 2 rings (SSSR count). The summed E-state index contributed by atoms with van der Waals surface area (Å²) in [6, 6.07) is 5.14. The number of carbonyl (C=O) groups is 1. The molecule has 0 bridgehead atoms. The zero-order chi connectivity index (χ0) is 16.1. The van der Waals surface area contributed by atoms with Crippen LogP contribution in [-0.2, 0) is 4.84 Å². The van der Waals surface area contributed by atoms with Crippen LogP contribution in [0.1, 0.15) is 12.8 Å². The Morgan fingerprint density at radius 3 is 2.23 bits per heavy atom. The largest absolute Gasteiger partial charge is 0.415 e. The number of benzene rings is 1. The topological polar surface area (TPSA) is 125 Å². The number of rotatable bonds is 4. The van der Waals surface area contributed by atoms with E-state index in [-0.39, 0.29) is 24.5 Å². The molecule has 0 saturated carbocycles. The first-order valence-electron chi connectivity index (χ1n) is 6.48. The van der Waals surface area contributed by atoms with Crippen LogP contribution in [0.5, 0.6) is 5.75 Å². The smallest absolute Gasteiger partial charge is 0.410 e. The normalized spacial score (nSPS) is 15.2. The number of likely N-dealkylation sites (tertiary alicyclic amines) is 1. The average Bonchev–Trinajstić information content (AvgIpc) is 2.48. The van der Waals surface area contributed by atoms with Crippen LogP contribution in [-0.4, -0.2) is 40.2 Å². The van der Waals surface area contributed by atoms with Crippen molar-refractivity contribution < 1.29 is 24.4 Å². The first-order chi connectivity index (χ1) is 10.5. The Labute approximate surface area is 124 Å². The maximum Gasteiger partial charge on any atom is 0.415 e. The van der Waals surface area contributed by atoms with Crippen LogP contribution in [0.15, 0.2) is 24.3 Å². The van der Waals surface area contributed by atoms with Crippen LogP contribution in [0.4, 0.5) is 10.5 Å². The van der Waals surface area contributed by atoms with Gasteiger partial charge in [0.25, 0.3) is 10.8 Å². The van der Waals surface area contributed by atoms with Crippen molar-refractivity contribution in [2.75, 3.05) is 13.1 Å². The van der Waals surface area contributed by atoms with E-state index in [1.165, 1.54) is 29.2 Å². The van der Waals surface area contributed by atoms with Gasteiger partial charge in [-0.1, -0.05) is 0 Å². The second kappa shape index (κ2) is 6.70. The molecule has 1 heterocycles. The molecular formula is C12H13N3O7. The zero-order valence-corrected chi connectivity index (χ0v) is 11.4. The molecular weight excluding hydrogens is 298 g/mol. The fourth-order valence-electron chi connectivity index (χ4n) is 2.07. The van der Waals surface area contributed by atoms with Gasteiger partial charge in [-0.3, -0.25) is 10.1 Å². The van der Waals surface area contributed by atoms with Crippen LogP contribution in [0.3, 0.4) is 0 Å². The molecule has 1 aromatic rings. The van der Waals surface area contributed by atoms with Crippen molar-refractivity contribution in [2.24, 2.45) is 0 Å². The average molecular weight is 311 g/mol. The molecule has 1 saturated heterocycles. The lowest BCUT2D eigenvalue weighted by Crippen LogP contribution is -2.42. The minimum absolute atomic E-state index is 0.0995. The molecule has 1 amide bonds. The van der Waals surface area contributed by atoms with E-state index in [0.29, 0.717) is 12.8 Å². The van der Waals surface area contributed by atoms with Gasteiger partial charge in [-0.05, 0) is 25.0 Å². The highest BCUT2D eigenvalue weighted by Crippen LogP contribution is 2.19. The van der Waals surface area contributed by atoms with Crippen molar-refractivity contribution in [1.29, 1.82) is 0 Å². The van der Waals surface area contributed by atoms with E-state index in [4.69, 9.17) is 4.74 Å². The van der Waals surface area contributed by atoms with Crippen LogP contribution in [0, 0.1) is 20.2 Å². The summed E-state index contributed by atoms with van der Waals surface area (Å²) in [5.74, 6) is 0.194. The Morgan fingerprint density at radius 2 is 1.73 bits per heavy atom. The lowest BCUT2D eigenvalue weighted by atomic mass is 10.1. The lowest BCUT2D eigenvalue weighted by molar-refractivity contribution is -0.769. The quantitative estimate of drug-likeness (QED) is 0.612. The van der Waals surface area contributed by atoms with Gasteiger partial charge in [0.05, 0.1) is 4.92 Å². The van der Waals surface area contributed by atoms with Crippen molar-refractivity contribution >= 4 is 11.8 Å². The summed E-state index contributed by atoms with van der Waals surface area (Å²) in [5.41, 5.74) is -0.0995. The first-order valence-corrected chi connectivity index (χ1v) is 6.48. The molecule has 1 aliphatic heterocycles. The number of piperidine rings is 1. The van der Waals surface area contributed by atoms with Crippen molar-refractivity contribution in [1.82, 2.24) is 4.90 Å². The van der Waals surface area contributed by atoms with Gasteiger partial charge in [-0.2, -0.15) is 0 Å². The second-order valence-electron chi connectivity index (χ2n) is 4.63. The predicted octanol–water partition coefficient (Wildman–Crippen LogP) is 1.77. The Hall–Kier alpha value is -2.91. The number of nitrogens with zero attached hydrogens (tertiary/aromatic N) is 3. The van der Waals surface area contributed by atoms with Crippen LogP contribution in [0.2, 0.25) is 0 Å². The van der Waals surface area contributed by atoms with Gasteiger partial charge in [-0.15, -0.1) is 10.1 Å². The standard InChI is InChI=1S/C12H13N3O7/c16-12(13-7-5-11(6-8-13)22-15(19)20)21-10-3-1-9(2-4-10)14(17)18/h1-4,11H,5-8H2.